The van der Waals surface area contributed by atoms with Gasteiger partial charge in [-0.1, -0.05) is 30.3 Å². The number of rotatable bonds is 6. The molecule has 6 rings (SSSR count). The number of nitrogens with one attached hydrogen (secondary N) is 2. The molecule has 34 heavy (non-hydrogen) atoms. The van der Waals surface area contributed by atoms with Crippen LogP contribution in [0.25, 0.3) is 10.2 Å². The van der Waals surface area contributed by atoms with E-state index in [1.165, 1.54) is 28.7 Å². The fraction of sp³-hybridized carbons (Fsp3) is 0.440. The first-order valence-corrected chi connectivity index (χ1v) is 12.9. The highest BCUT2D eigenvalue weighted by atomic mass is 32.1. The van der Waals surface area contributed by atoms with E-state index in [2.05, 4.69) is 49.7 Å². The predicted molar refractivity (Wildman–Crippen MR) is 133 cm³/mol. The molecule has 1 aliphatic heterocycles. The van der Waals surface area contributed by atoms with Gasteiger partial charge >= 0.3 is 0 Å². The van der Waals surface area contributed by atoms with Gasteiger partial charge in [-0.15, -0.1) is 11.3 Å². The molecule has 0 radical (unpaired) electrons. The third-order valence-electron chi connectivity index (χ3n) is 6.62. The first kappa shape index (κ1) is 21.6. The lowest BCUT2D eigenvalue weighted by atomic mass is 9.96. The Bertz CT molecular complexity index is 1280. The Morgan fingerprint density at radius 1 is 1.09 bits per heavy atom. The molecule has 1 unspecified atom stereocenters. The number of aromatic amines is 1. The second kappa shape index (κ2) is 9.40. The second-order valence-electron chi connectivity index (χ2n) is 9.04. The Labute approximate surface area is 202 Å². The van der Waals surface area contributed by atoms with Gasteiger partial charge in [-0.3, -0.25) is 10.00 Å². The zero-order valence-corrected chi connectivity index (χ0v) is 20.2. The minimum Gasteiger partial charge on any atom is -0.379 e. The summed E-state index contributed by atoms with van der Waals surface area (Å²) in [5.74, 6) is 3.26. The van der Waals surface area contributed by atoms with Crippen LogP contribution in [0.3, 0.4) is 0 Å². The van der Waals surface area contributed by atoms with Crippen molar-refractivity contribution in [2.45, 2.75) is 45.2 Å². The number of ether oxygens (including phenoxy) is 1. The molecule has 3 aromatic heterocycles. The molecule has 0 amide bonds. The average Bonchev–Trinajstić information content (AvgIpc) is 3.47. The summed E-state index contributed by atoms with van der Waals surface area (Å²) in [6, 6.07) is 10.1. The van der Waals surface area contributed by atoms with Crippen LogP contribution in [-0.2, 0) is 24.1 Å². The van der Waals surface area contributed by atoms with E-state index in [0.717, 1.165) is 73.6 Å². The molecule has 1 saturated heterocycles. The number of H-pyrrole nitrogens is 1. The summed E-state index contributed by atoms with van der Waals surface area (Å²) in [6.07, 6.45) is 4.69. The molecular formula is C25H29N7OS. The lowest BCUT2D eigenvalue weighted by Gasteiger charge is -2.26. The normalized spacial score (nSPS) is 17.6. The van der Waals surface area contributed by atoms with Crippen molar-refractivity contribution in [3.63, 3.8) is 0 Å². The van der Waals surface area contributed by atoms with E-state index in [4.69, 9.17) is 14.7 Å². The second-order valence-corrected chi connectivity index (χ2v) is 10.1. The highest BCUT2D eigenvalue weighted by Gasteiger charge is 2.26. The fourth-order valence-electron chi connectivity index (χ4n) is 4.90. The van der Waals surface area contributed by atoms with Crippen LogP contribution in [0.5, 0.6) is 0 Å². The zero-order chi connectivity index (χ0) is 22.9. The third-order valence-corrected chi connectivity index (χ3v) is 7.80. The molecule has 1 atom stereocenters. The molecule has 4 heterocycles. The van der Waals surface area contributed by atoms with Crippen molar-refractivity contribution in [1.82, 2.24) is 30.0 Å². The number of hydrogen-bond donors (Lipinski definition) is 2. The van der Waals surface area contributed by atoms with Gasteiger partial charge < -0.3 is 10.1 Å². The van der Waals surface area contributed by atoms with Crippen molar-refractivity contribution in [3.05, 3.63) is 63.8 Å². The van der Waals surface area contributed by atoms with Crippen molar-refractivity contribution < 1.29 is 4.74 Å². The third kappa shape index (κ3) is 4.31. The van der Waals surface area contributed by atoms with Crippen LogP contribution in [-0.4, -0.2) is 56.4 Å². The zero-order valence-electron chi connectivity index (χ0n) is 19.4. The van der Waals surface area contributed by atoms with Crippen LogP contribution >= 0.6 is 11.3 Å². The van der Waals surface area contributed by atoms with Gasteiger partial charge in [0.05, 0.1) is 25.1 Å². The Morgan fingerprint density at radius 3 is 2.71 bits per heavy atom. The molecule has 9 heteroatoms. The molecule has 2 aliphatic rings. The largest absolute Gasteiger partial charge is 0.379 e. The molecule has 1 aliphatic carbocycles. The smallest absolute Gasteiger partial charge is 0.177 e. The Kier molecular flexibility index (Phi) is 5.98. The molecule has 176 valence electrons. The van der Waals surface area contributed by atoms with Gasteiger partial charge in [-0.05, 0) is 43.7 Å². The lowest BCUT2D eigenvalue weighted by molar-refractivity contribution is 0.0331. The van der Waals surface area contributed by atoms with Crippen LogP contribution in [0.15, 0.2) is 30.3 Å². The number of benzene rings is 1. The molecule has 0 bridgehead atoms. The number of nitrogens with zero attached hydrogens (tertiary/aromatic N) is 5. The van der Waals surface area contributed by atoms with Crippen LogP contribution in [0.1, 0.15) is 52.4 Å². The van der Waals surface area contributed by atoms with Gasteiger partial charge in [-0.2, -0.15) is 5.10 Å². The summed E-state index contributed by atoms with van der Waals surface area (Å²) in [4.78, 5) is 19.7. The topological polar surface area (TPSA) is 91.8 Å². The van der Waals surface area contributed by atoms with Gasteiger partial charge in [0.2, 0.25) is 0 Å². The van der Waals surface area contributed by atoms with E-state index >= 15 is 0 Å². The number of morpholine rings is 1. The molecule has 0 spiro atoms. The summed E-state index contributed by atoms with van der Waals surface area (Å²) in [5, 5.41) is 12.4. The van der Waals surface area contributed by atoms with Crippen molar-refractivity contribution in [3.8, 4) is 0 Å². The van der Waals surface area contributed by atoms with E-state index in [9.17, 15) is 0 Å². The van der Waals surface area contributed by atoms with Gasteiger partial charge in [0.25, 0.3) is 0 Å². The number of aryl methyl sites for hydroxylation is 3. The van der Waals surface area contributed by atoms with Crippen LogP contribution in [0, 0.1) is 6.92 Å². The van der Waals surface area contributed by atoms with Crippen molar-refractivity contribution in [2.24, 2.45) is 0 Å². The summed E-state index contributed by atoms with van der Waals surface area (Å²) in [5.41, 5.74) is 2.52. The van der Waals surface area contributed by atoms with Gasteiger partial charge in [0.15, 0.2) is 5.82 Å². The van der Waals surface area contributed by atoms with E-state index in [1.807, 2.05) is 24.3 Å². The van der Waals surface area contributed by atoms with Gasteiger partial charge in [0, 0.05) is 18.0 Å². The molecular weight excluding hydrogens is 446 g/mol. The highest BCUT2D eigenvalue weighted by molar-refractivity contribution is 7.19. The van der Waals surface area contributed by atoms with E-state index in [-0.39, 0.29) is 6.04 Å². The van der Waals surface area contributed by atoms with Gasteiger partial charge in [-0.25, -0.2) is 15.0 Å². The number of fused-ring (bicyclic) bond motifs is 3. The summed E-state index contributed by atoms with van der Waals surface area (Å²) in [6.45, 7) is 6.01. The van der Waals surface area contributed by atoms with Crippen LogP contribution < -0.4 is 5.32 Å². The molecule has 1 aromatic carbocycles. The van der Waals surface area contributed by atoms with E-state index in [1.54, 1.807) is 0 Å². The molecule has 2 N–H and O–H groups in total. The molecule has 1 fully saturated rings. The number of anilines is 1. The maximum Gasteiger partial charge on any atom is 0.177 e. The maximum absolute atomic E-state index is 5.53. The molecule has 0 saturated carbocycles. The van der Waals surface area contributed by atoms with E-state index in [0.29, 0.717) is 5.82 Å². The van der Waals surface area contributed by atoms with E-state index < -0.39 is 0 Å². The summed E-state index contributed by atoms with van der Waals surface area (Å²) < 4.78 is 5.53. The number of hydrogen-bond acceptors (Lipinski definition) is 8. The van der Waals surface area contributed by atoms with Crippen molar-refractivity contribution in [2.75, 3.05) is 31.6 Å². The standard InChI is InChI=1S/C25H29N7OS/c1-16-26-24(31-30-16)22(17-7-3-2-4-8-17)29-23-21-18-9-5-6-10-19(18)34-25(21)28-20(27-23)15-32-11-13-33-14-12-32/h2-4,7-8,22H,5-6,9-15H2,1H3,(H,26,30,31)(H,27,28,29). The first-order chi connectivity index (χ1) is 16.7. The minimum atomic E-state index is -0.209. The van der Waals surface area contributed by atoms with Gasteiger partial charge in [0.1, 0.15) is 28.3 Å². The highest BCUT2D eigenvalue weighted by Crippen LogP contribution is 2.40. The summed E-state index contributed by atoms with van der Waals surface area (Å²) >= 11 is 1.84. The quantitative estimate of drug-likeness (QED) is 0.435. The Hall–Kier alpha value is -2.88. The van der Waals surface area contributed by atoms with Crippen LogP contribution in [0.4, 0.5) is 5.82 Å². The van der Waals surface area contributed by atoms with Crippen LogP contribution in [0.2, 0.25) is 0 Å². The first-order valence-electron chi connectivity index (χ1n) is 12.1. The lowest BCUT2D eigenvalue weighted by Crippen LogP contribution is -2.36. The van der Waals surface area contributed by atoms with Crippen molar-refractivity contribution in [1.29, 1.82) is 0 Å². The fourth-order valence-corrected chi connectivity index (χ4v) is 6.18. The Morgan fingerprint density at radius 2 is 1.91 bits per heavy atom. The summed E-state index contributed by atoms with van der Waals surface area (Å²) in [7, 11) is 0. The predicted octanol–water partition coefficient (Wildman–Crippen LogP) is 4.03. The number of thiophene rings is 1. The monoisotopic (exact) mass is 475 g/mol. The van der Waals surface area contributed by atoms with Crippen molar-refractivity contribution >= 4 is 27.4 Å². The molecule has 4 aromatic rings. The Balaban J connectivity index is 1.44. The SMILES string of the molecule is Cc1nc(C(Nc2nc(CN3CCOCC3)nc3sc4c(c23)CCCC4)c2ccccc2)n[nH]1. The minimum absolute atomic E-state index is 0.209. The average molecular weight is 476 g/mol. The number of aromatic nitrogens is 5. The molecule has 8 nitrogen and oxygen atoms in total. The maximum atomic E-state index is 5.53.